The van der Waals surface area contributed by atoms with Crippen LogP contribution in [0.15, 0.2) is 28.9 Å². The molecule has 3 aromatic rings. The van der Waals surface area contributed by atoms with Gasteiger partial charge < -0.3 is 9.67 Å². The van der Waals surface area contributed by atoms with E-state index in [1.165, 1.54) is 54.5 Å². The molecule has 6 heteroatoms. The van der Waals surface area contributed by atoms with Crippen molar-refractivity contribution in [3.05, 3.63) is 33.9 Å². The minimum absolute atomic E-state index is 0.0535. The monoisotopic (exact) mass is 405 g/mol. The number of halogens is 1. The maximum atomic E-state index is 9.27. The van der Waals surface area contributed by atoms with Gasteiger partial charge >= 0.3 is 0 Å². The molecule has 126 valence electrons. The molecule has 1 aromatic carbocycles. The third kappa shape index (κ3) is 3.03. The van der Waals surface area contributed by atoms with Crippen molar-refractivity contribution in [3.63, 3.8) is 0 Å². The van der Waals surface area contributed by atoms with E-state index in [0.717, 1.165) is 28.3 Å². The molecule has 1 N–H and O–H groups in total. The van der Waals surface area contributed by atoms with E-state index in [4.69, 9.17) is 0 Å². The smallest absolute Gasteiger partial charge is 0.175 e. The maximum Gasteiger partial charge on any atom is 0.175 e. The highest BCUT2D eigenvalue weighted by molar-refractivity contribution is 9.10. The van der Waals surface area contributed by atoms with Crippen molar-refractivity contribution in [1.29, 1.82) is 0 Å². The van der Waals surface area contributed by atoms with Crippen LogP contribution in [0.4, 0.5) is 0 Å². The van der Waals surface area contributed by atoms with Crippen LogP contribution in [0.1, 0.15) is 37.1 Å². The van der Waals surface area contributed by atoms with Gasteiger partial charge in [-0.2, -0.15) is 4.37 Å². The normalized spacial score (nSPS) is 16.1. The van der Waals surface area contributed by atoms with E-state index >= 15 is 0 Å². The van der Waals surface area contributed by atoms with Gasteiger partial charge in [-0.15, -0.1) is 0 Å². The number of nitrogens with zero attached hydrogens (tertiary/aromatic N) is 3. The summed E-state index contributed by atoms with van der Waals surface area (Å²) in [6, 6.07) is 6.28. The minimum Gasteiger partial charge on any atom is -0.389 e. The summed E-state index contributed by atoms with van der Waals surface area (Å²) in [5.74, 6) is 1.47. The Bertz CT molecular complexity index is 851. The highest BCUT2D eigenvalue weighted by atomic mass is 79.9. The minimum atomic E-state index is -0.0535. The number of rotatable bonds is 4. The number of benzene rings is 1. The summed E-state index contributed by atoms with van der Waals surface area (Å²) in [6.45, 7) is 0.998. The summed E-state index contributed by atoms with van der Waals surface area (Å²) in [4.78, 5) is 4.47. The SMILES string of the molecule is OCc1nc(-c2cn(CC3CCCCC3)c3c(Br)cccc23)ns1. The summed E-state index contributed by atoms with van der Waals surface area (Å²) >= 11 is 4.99. The molecule has 1 aliphatic rings. The first kappa shape index (κ1) is 16.2. The Morgan fingerprint density at radius 2 is 2.08 bits per heavy atom. The number of aliphatic hydroxyl groups is 1. The van der Waals surface area contributed by atoms with E-state index in [0.29, 0.717) is 5.01 Å². The zero-order valence-electron chi connectivity index (χ0n) is 13.4. The number of aliphatic hydroxyl groups excluding tert-OH is 1. The van der Waals surface area contributed by atoms with Gasteiger partial charge in [-0.1, -0.05) is 31.4 Å². The van der Waals surface area contributed by atoms with Crippen molar-refractivity contribution in [1.82, 2.24) is 13.9 Å². The van der Waals surface area contributed by atoms with Crippen LogP contribution in [0.2, 0.25) is 0 Å². The molecule has 0 aliphatic heterocycles. The van der Waals surface area contributed by atoms with Crippen LogP contribution in [0.25, 0.3) is 22.3 Å². The first-order valence-electron chi connectivity index (χ1n) is 8.47. The van der Waals surface area contributed by atoms with Crippen LogP contribution in [0.5, 0.6) is 0 Å². The van der Waals surface area contributed by atoms with Crippen molar-refractivity contribution in [2.24, 2.45) is 5.92 Å². The predicted octanol–water partition coefficient (Wildman–Crippen LogP) is 4.99. The first-order valence-corrected chi connectivity index (χ1v) is 10.0. The topological polar surface area (TPSA) is 50.9 Å². The average molecular weight is 406 g/mol. The van der Waals surface area contributed by atoms with Gasteiger partial charge in [0, 0.05) is 28.2 Å². The second-order valence-electron chi connectivity index (χ2n) is 6.51. The van der Waals surface area contributed by atoms with Crippen LogP contribution in [0.3, 0.4) is 0 Å². The molecular weight excluding hydrogens is 386 g/mol. The predicted molar refractivity (Wildman–Crippen MR) is 101 cm³/mol. The number of hydrogen-bond acceptors (Lipinski definition) is 4. The summed E-state index contributed by atoms with van der Waals surface area (Å²) in [5, 5.41) is 11.1. The van der Waals surface area contributed by atoms with Crippen LogP contribution < -0.4 is 0 Å². The van der Waals surface area contributed by atoms with Gasteiger partial charge in [0.05, 0.1) is 12.1 Å². The molecule has 24 heavy (non-hydrogen) atoms. The van der Waals surface area contributed by atoms with Gasteiger partial charge in [-0.25, -0.2) is 4.98 Å². The second-order valence-corrected chi connectivity index (χ2v) is 8.20. The molecule has 1 saturated carbocycles. The van der Waals surface area contributed by atoms with E-state index in [1.54, 1.807) is 0 Å². The molecule has 1 aliphatic carbocycles. The number of aromatic nitrogens is 3. The lowest BCUT2D eigenvalue weighted by molar-refractivity contribution is 0.281. The lowest BCUT2D eigenvalue weighted by Crippen LogP contribution is -2.13. The summed E-state index contributed by atoms with van der Waals surface area (Å²) < 4.78 is 7.92. The average Bonchev–Trinajstić information content (AvgIpc) is 3.21. The van der Waals surface area contributed by atoms with Crippen molar-refractivity contribution >= 4 is 38.4 Å². The Morgan fingerprint density at radius 3 is 2.83 bits per heavy atom. The Morgan fingerprint density at radius 1 is 1.25 bits per heavy atom. The molecule has 1 fully saturated rings. The summed E-state index contributed by atoms with van der Waals surface area (Å²) in [5.41, 5.74) is 2.27. The van der Waals surface area contributed by atoms with Gasteiger partial charge in [-0.05, 0) is 52.3 Å². The van der Waals surface area contributed by atoms with E-state index < -0.39 is 0 Å². The highest BCUT2D eigenvalue weighted by Crippen LogP contribution is 2.35. The Kier molecular flexibility index (Phi) is 4.70. The largest absolute Gasteiger partial charge is 0.389 e. The third-order valence-electron chi connectivity index (χ3n) is 4.87. The lowest BCUT2D eigenvalue weighted by atomic mass is 9.89. The molecule has 0 atom stereocenters. The van der Waals surface area contributed by atoms with Gasteiger partial charge in [0.15, 0.2) is 5.82 Å². The molecule has 4 nitrogen and oxygen atoms in total. The molecule has 0 amide bonds. The Labute approximate surface area is 153 Å². The van der Waals surface area contributed by atoms with E-state index in [-0.39, 0.29) is 6.61 Å². The quantitative estimate of drug-likeness (QED) is 0.664. The van der Waals surface area contributed by atoms with Gasteiger partial charge in [0.25, 0.3) is 0 Å². The van der Waals surface area contributed by atoms with E-state index in [9.17, 15) is 5.11 Å². The fourth-order valence-corrected chi connectivity index (χ4v) is 4.82. The van der Waals surface area contributed by atoms with Crippen LogP contribution in [0, 0.1) is 5.92 Å². The highest BCUT2D eigenvalue weighted by Gasteiger charge is 2.19. The van der Waals surface area contributed by atoms with Gasteiger partial charge in [-0.3, -0.25) is 0 Å². The summed E-state index contributed by atoms with van der Waals surface area (Å²) in [6.07, 6.45) is 8.92. The fourth-order valence-electron chi connectivity index (χ4n) is 3.71. The molecule has 0 saturated heterocycles. The zero-order chi connectivity index (χ0) is 16.5. The standard InChI is InChI=1S/C18H20BrN3OS/c19-15-8-4-7-13-14(18-20-16(11-23)24-21-18)10-22(17(13)15)9-12-5-2-1-3-6-12/h4,7-8,10,12,23H,1-3,5-6,9,11H2. The van der Waals surface area contributed by atoms with Crippen LogP contribution >= 0.6 is 27.5 Å². The lowest BCUT2D eigenvalue weighted by Gasteiger charge is -2.22. The zero-order valence-corrected chi connectivity index (χ0v) is 15.8. The Hall–Kier alpha value is -1.24. The second kappa shape index (κ2) is 6.94. The molecule has 0 bridgehead atoms. The van der Waals surface area contributed by atoms with Crippen LogP contribution in [-0.2, 0) is 13.2 Å². The van der Waals surface area contributed by atoms with Crippen molar-refractivity contribution in [2.75, 3.05) is 0 Å². The number of fused-ring (bicyclic) bond motifs is 1. The van der Waals surface area contributed by atoms with Crippen molar-refractivity contribution in [3.8, 4) is 11.4 Å². The first-order chi connectivity index (χ1) is 11.8. The molecule has 2 heterocycles. The maximum absolute atomic E-state index is 9.27. The molecular formula is C18H20BrN3OS. The number of hydrogen-bond donors (Lipinski definition) is 1. The van der Waals surface area contributed by atoms with Crippen LogP contribution in [-0.4, -0.2) is 19.0 Å². The van der Waals surface area contributed by atoms with Crippen molar-refractivity contribution in [2.45, 2.75) is 45.3 Å². The molecule has 0 unspecified atom stereocenters. The molecule has 2 aromatic heterocycles. The third-order valence-corrected chi connectivity index (χ3v) is 6.21. The molecule has 0 radical (unpaired) electrons. The summed E-state index contributed by atoms with van der Waals surface area (Å²) in [7, 11) is 0. The molecule has 0 spiro atoms. The molecule has 4 rings (SSSR count). The van der Waals surface area contributed by atoms with E-state index in [2.05, 4.69) is 54.3 Å². The van der Waals surface area contributed by atoms with Crippen molar-refractivity contribution < 1.29 is 5.11 Å². The Balaban J connectivity index is 1.78. The van der Waals surface area contributed by atoms with E-state index in [1.807, 2.05) is 0 Å². The fraction of sp³-hybridized carbons (Fsp3) is 0.444. The van der Waals surface area contributed by atoms with Gasteiger partial charge in [0.2, 0.25) is 0 Å². The number of para-hydroxylation sites is 1. The van der Waals surface area contributed by atoms with Gasteiger partial charge in [0.1, 0.15) is 5.01 Å².